The summed E-state index contributed by atoms with van der Waals surface area (Å²) in [4.78, 5) is 4.48. The summed E-state index contributed by atoms with van der Waals surface area (Å²) in [5.41, 5.74) is 2.89. The molecule has 3 heteroatoms. The topological polar surface area (TPSA) is 48.7 Å². The fourth-order valence-corrected chi connectivity index (χ4v) is 1.91. The van der Waals surface area contributed by atoms with Crippen LogP contribution in [-0.4, -0.2) is 11.0 Å². The number of hydrogen-bond acceptors (Lipinski definition) is 3. The highest BCUT2D eigenvalue weighted by Gasteiger charge is 2.16. The number of anilines is 1. The van der Waals surface area contributed by atoms with Crippen LogP contribution in [0.1, 0.15) is 30.2 Å². The molecule has 0 bridgehead atoms. The first-order valence-corrected chi connectivity index (χ1v) is 5.40. The van der Waals surface area contributed by atoms with Gasteiger partial charge in [0.2, 0.25) is 0 Å². The molecular weight excluding hydrogens is 198 g/mol. The van der Waals surface area contributed by atoms with Crippen LogP contribution < -0.4 is 5.32 Å². The van der Waals surface area contributed by atoms with Crippen molar-refractivity contribution in [1.29, 1.82) is 5.26 Å². The van der Waals surface area contributed by atoms with Crippen LogP contribution in [0.4, 0.5) is 5.82 Å². The number of terminal acetylenes is 1. The Balaban J connectivity index is 2.38. The molecule has 3 nitrogen and oxygen atoms in total. The van der Waals surface area contributed by atoms with Crippen molar-refractivity contribution in [2.24, 2.45) is 0 Å². The molecule has 2 rings (SSSR count). The Morgan fingerprint density at radius 1 is 1.56 bits per heavy atom. The van der Waals surface area contributed by atoms with Crippen molar-refractivity contribution in [3.63, 3.8) is 0 Å². The summed E-state index contributed by atoms with van der Waals surface area (Å²) in [7, 11) is 0. The Bertz CT molecular complexity index is 491. The van der Waals surface area contributed by atoms with Crippen LogP contribution in [0, 0.1) is 23.7 Å². The second-order valence-electron chi connectivity index (χ2n) is 3.99. The number of nitriles is 1. The van der Waals surface area contributed by atoms with Crippen molar-refractivity contribution in [2.45, 2.75) is 32.2 Å². The third-order valence-corrected chi connectivity index (χ3v) is 2.77. The van der Waals surface area contributed by atoms with Gasteiger partial charge in [0.25, 0.3) is 0 Å². The Morgan fingerprint density at radius 3 is 3.06 bits per heavy atom. The van der Waals surface area contributed by atoms with E-state index in [9.17, 15) is 0 Å². The monoisotopic (exact) mass is 211 g/mol. The van der Waals surface area contributed by atoms with Gasteiger partial charge in [0.15, 0.2) is 0 Å². The Kier molecular flexibility index (Phi) is 2.79. The highest BCUT2D eigenvalue weighted by atomic mass is 15.0. The first-order valence-electron chi connectivity index (χ1n) is 5.40. The number of pyridine rings is 1. The highest BCUT2D eigenvalue weighted by Crippen LogP contribution is 2.25. The second kappa shape index (κ2) is 4.24. The predicted molar refractivity (Wildman–Crippen MR) is 62.9 cm³/mol. The van der Waals surface area contributed by atoms with Gasteiger partial charge >= 0.3 is 0 Å². The third kappa shape index (κ3) is 1.85. The van der Waals surface area contributed by atoms with Crippen LogP contribution in [0.25, 0.3) is 0 Å². The average Bonchev–Trinajstić information content (AvgIpc) is 2.74. The molecule has 1 N–H and O–H groups in total. The zero-order valence-corrected chi connectivity index (χ0v) is 9.25. The maximum atomic E-state index is 9.05. The van der Waals surface area contributed by atoms with Crippen molar-refractivity contribution in [3.8, 4) is 18.4 Å². The first kappa shape index (κ1) is 10.5. The van der Waals surface area contributed by atoms with E-state index < -0.39 is 0 Å². The van der Waals surface area contributed by atoms with E-state index in [1.807, 2.05) is 13.0 Å². The van der Waals surface area contributed by atoms with Crippen LogP contribution in [0.5, 0.6) is 0 Å². The molecule has 0 saturated carbocycles. The van der Waals surface area contributed by atoms with Gasteiger partial charge in [0.05, 0.1) is 11.6 Å². The maximum absolute atomic E-state index is 9.05. The van der Waals surface area contributed by atoms with Crippen molar-refractivity contribution in [1.82, 2.24) is 4.98 Å². The lowest BCUT2D eigenvalue weighted by molar-refractivity contribution is 0.898. The van der Waals surface area contributed by atoms with E-state index >= 15 is 0 Å². The largest absolute Gasteiger partial charge is 0.356 e. The van der Waals surface area contributed by atoms with Crippen LogP contribution in [0.3, 0.4) is 0 Å². The fourth-order valence-electron chi connectivity index (χ4n) is 1.91. The highest BCUT2D eigenvalue weighted by molar-refractivity contribution is 5.56. The Hall–Kier alpha value is -2.00. The average molecular weight is 211 g/mol. The lowest BCUT2D eigenvalue weighted by Gasteiger charge is -2.11. The standard InChI is InChI=1S/C13H13N3/c1-3-9(2)15-13-11(8-14)7-10-5-4-6-12(10)16-13/h1,7,9H,4-6H2,2H3,(H,15,16). The van der Waals surface area contributed by atoms with Crippen molar-refractivity contribution in [3.05, 3.63) is 22.9 Å². The van der Waals surface area contributed by atoms with Gasteiger partial charge in [-0.05, 0) is 37.8 Å². The molecule has 1 heterocycles. The smallest absolute Gasteiger partial charge is 0.145 e. The molecular formula is C13H13N3. The molecule has 0 fully saturated rings. The van der Waals surface area contributed by atoms with Gasteiger partial charge in [-0.25, -0.2) is 4.98 Å². The van der Waals surface area contributed by atoms with Crippen LogP contribution in [0.2, 0.25) is 0 Å². The van der Waals surface area contributed by atoms with Gasteiger partial charge in [0.1, 0.15) is 11.9 Å². The maximum Gasteiger partial charge on any atom is 0.145 e. The van der Waals surface area contributed by atoms with Gasteiger partial charge in [0, 0.05) is 5.69 Å². The van der Waals surface area contributed by atoms with Crippen molar-refractivity contribution in [2.75, 3.05) is 5.32 Å². The zero-order valence-electron chi connectivity index (χ0n) is 9.25. The lowest BCUT2D eigenvalue weighted by Crippen LogP contribution is -2.15. The molecule has 0 spiro atoms. The summed E-state index contributed by atoms with van der Waals surface area (Å²) >= 11 is 0. The summed E-state index contributed by atoms with van der Waals surface area (Å²) in [6.45, 7) is 1.87. The normalized spacial score (nSPS) is 14.7. The molecule has 1 atom stereocenters. The third-order valence-electron chi connectivity index (χ3n) is 2.77. The number of aromatic nitrogens is 1. The minimum Gasteiger partial charge on any atom is -0.356 e. The minimum atomic E-state index is -0.112. The molecule has 16 heavy (non-hydrogen) atoms. The molecule has 1 aliphatic carbocycles. The van der Waals surface area contributed by atoms with Crippen LogP contribution in [-0.2, 0) is 12.8 Å². The molecule has 0 aromatic carbocycles. The Labute approximate surface area is 95.5 Å². The van der Waals surface area contributed by atoms with E-state index in [0.29, 0.717) is 11.4 Å². The number of aryl methyl sites for hydroxylation is 2. The fraction of sp³-hybridized carbons (Fsp3) is 0.385. The quantitative estimate of drug-likeness (QED) is 0.760. The minimum absolute atomic E-state index is 0.112. The van der Waals surface area contributed by atoms with Crippen LogP contribution >= 0.6 is 0 Å². The van der Waals surface area contributed by atoms with E-state index in [4.69, 9.17) is 11.7 Å². The second-order valence-corrected chi connectivity index (χ2v) is 3.99. The van der Waals surface area contributed by atoms with Crippen molar-refractivity contribution >= 4 is 5.82 Å². The molecule has 1 aromatic rings. The van der Waals surface area contributed by atoms with E-state index in [-0.39, 0.29) is 6.04 Å². The molecule has 0 amide bonds. The molecule has 0 radical (unpaired) electrons. The number of rotatable bonds is 2. The van der Waals surface area contributed by atoms with E-state index in [2.05, 4.69) is 22.3 Å². The molecule has 0 aliphatic heterocycles. The molecule has 1 unspecified atom stereocenters. The van der Waals surface area contributed by atoms with E-state index in [0.717, 1.165) is 25.0 Å². The van der Waals surface area contributed by atoms with Gasteiger partial charge < -0.3 is 5.32 Å². The number of fused-ring (bicyclic) bond motifs is 1. The van der Waals surface area contributed by atoms with Gasteiger partial charge in [-0.1, -0.05) is 5.92 Å². The number of nitrogens with zero attached hydrogens (tertiary/aromatic N) is 2. The summed E-state index contributed by atoms with van der Waals surface area (Å²) in [6.07, 6.45) is 8.46. The number of hydrogen-bond donors (Lipinski definition) is 1. The number of nitrogens with one attached hydrogen (secondary N) is 1. The van der Waals surface area contributed by atoms with E-state index in [1.54, 1.807) is 0 Å². The van der Waals surface area contributed by atoms with Crippen LogP contribution in [0.15, 0.2) is 6.07 Å². The molecule has 1 aromatic heterocycles. The Morgan fingerprint density at radius 2 is 2.38 bits per heavy atom. The zero-order chi connectivity index (χ0) is 11.5. The molecule has 1 aliphatic rings. The molecule has 0 saturated heterocycles. The lowest BCUT2D eigenvalue weighted by atomic mass is 10.1. The summed E-state index contributed by atoms with van der Waals surface area (Å²) in [5, 5.41) is 12.1. The van der Waals surface area contributed by atoms with Crippen molar-refractivity contribution < 1.29 is 0 Å². The SMILES string of the molecule is C#CC(C)Nc1nc2c(cc1C#N)CCC2. The summed E-state index contributed by atoms with van der Waals surface area (Å²) in [5.74, 6) is 3.19. The van der Waals surface area contributed by atoms with Gasteiger partial charge in [-0.15, -0.1) is 6.42 Å². The van der Waals surface area contributed by atoms with Gasteiger partial charge in [-0.3, -0.25) is 0 Å². The van der Waals surface area contributed by atoms with Gasteiger partial charge in [-0.2, -0.15) is 5.26 Å². The predicted octanol–water partition coefficient (Wildman–Crippen LogP) is 1.88. The first-order chi connectivity index (χ1) is 7.74. The molecule has 80 valence electrons. The summed E-state index contributed by atoms with van der Waals surface area (Å²) < 4.78 is 0. The summed E-state index contributed by atoms with van der Waals surface area (Å²) in [6, 6.07) is 3.98. The van der Waals surface area contributed by atoms with E-state index in [1.165, 1.54) is 5.56 Å².